The first kappa shape index (κ1) is 21.5. The van der Waals surface area contributed by atoms with Gasteiger partial charge in [0.1, 0.15) is 0 Å². The average Bonchev–Trinajstić information content (AvgIpc) is 3.49. The van der Waals surface area contributed by atoms with Gasteiger partial charge in [-0.2, -0.15) is 0 Å². The molecule has 0 amide bonds. The Morgan fingerprint density at radius 1 is 0.875 bits per heavy atom. The van der Waals surface area contributed by atoms with Gasteiger partial charge in [-0.1, -0.05) is 0 Å². The molecule has 0 saturated heterocycles. The Balaban J connectivity index is 1.89. The van der Waals surface area contributed by atoms with Gasteiger partial charge in [0, 0.05) is 0 Å². The van der Waals surface area contributed by atoms with E-state index >= 15 is 0 Å². The van der Waals surface area contributed by atoms with Crippen molar-refractivity contribution in [3.05, 3.63) is 126 Å². The Morgan fingerprint density at radius 2 is 1.56 bits per heavy atom. The number of rotatable bonds is 6. The Morgan fingerprint density at radius 3 is 2.31 bits per heavy atom. The Bertz CT molecular complexity index is 1300. The second-order valence-electron chi connectivity index (χ2n) is 10.1. The van der Waals surface area contributed by atoms with E-state index in [1.54, 1.807) is 12.1 Å². The van der Waals surface area contributed by atoms with Crippen LogP contribution in [0.2, 0.25) is 13.0 Å². The summed E-state index contributed by atoms with van der Waals surface area (Å²) >= 11 is -3.97. The van der Waals surface area contributed by atoms with E-state index in [2.05, 4.69) is 119 Å². The summed E-state index contributed by atoms with van der Waals surface area (Å²) in [6, 6.07) is 27.3. The quantitative estimate of drug-likeness (QED) is 0.161. The summed E-state index contributed by atoms with van der Waals surface area (Å²) in [7, 11) is 0. The van der Waals surface area contributed by atoms with Crippen LogP contribution in [0.3, 0.4) is 0 Å². The second-order valence-corrected chi connectivity index (χ2v) is 34.5. The van der Waals surface area contributed by atoms with E-state index in [-0.39, 0.29) is 0 Å². The molecule has 1 heteroatoms. The molecule has 0 nitrogen and oxygen atoms in total. The SMILES string of the molecule is C=CCC[C](c1ccccc1)=[Hf]([CH3])([CH3])([c]1cccc2c1Cc1ccccc1-2)[CH]1C=CC=C1. The van der Waals surface area contributed by atoms with Gasteiger partial charge in [-0.25, -0.2) is 0 Å². The molecule has 0 aromatic heterocycles. The van der Waals surface area contributed by atoms with Crippen molar-refractivity contribution < 1.29 is 18.0 Å². The molecule has 32 heavy (non-hydrogen) atoms. The van der Waals surface area contributed by atoms with Crippen molar-refractivity contribution in [3.8, 4) is 11.1 Å². The van der Waals surface area contributed by atoms with Crippen LogP contribution in [0.1, 0.15) is 29.5 Å². The van der Waals surface area contributed by atoms with Gasteiger partial charge in [0.05, 0.1) is 0 Å². The van der Waals surface area contributed by atoms with Crippen molar-refractivity contribution in [2.24, 2.45) is 0 Å². The van der Waals surface area contributed by atoms with Crippen molar-refractivity contribution >= 4 is 6.58 Å². The van der Waals surface area contributed by atoms with Gasteiger partial charge >= 0.3 is 194 Å². The van der Waals surface area contributed by atoms with Crippen LogP contribution in [0, 0.1) is 0 Å². The van der Waals surface area contributed by atoms with Crippen molar-refractivity contribution in [2.45, 2.75) is 32.3 Å². The third kappa shape index (κ3) is 3.25. The first-order chi connectivity index (χ1) is 15.5. The zero-order valence-corrected chi connectivity index (χ0v) is 22.8. The molecule has 0 aliphatic heterocycles. The van der Waals surface area contributed by atoms with E-state index in [1.807, 2.05) is 0 Å². The third-order valence-corrected chi connectivity index (χ3v) is 32.9. The summed E-state index contributed by atoms with van der Waals surface area (Å²) in [6.07, 6.45) is 14.7. The van der Waals surface area contributed by atoms with Crippen LogP contribution >= 0.6 is 0 Å². The monoisotopic (exact) mass is 584 g/mol. The predicted molar refractivity (Wildman–Crippen MR) is 138 cm³/mol. The van der Waals surface area contributed by atoms with Crippen LogP contribution in [0.15, 0.2) is 110 Å². The number of benzene rings is 3. The molecule has 3 aromatic carbocycles. The molecule has 2 aliphatic rings. The standard InChI is InChI=1S/C13H9.C11H12.C5H5.2CH3.Hf/c1-3-7-12-10(5-1)9-11-6-2-4-8-13(11)12;1-2-3-5-8-11-9-6-4-7-10-11;1-2-4-5-3-1;;;/h1-5,7-8H,9H2;2,4,6-7,9-10H,1,3,5H2;1-5H;2*1H3;. The molecule has 0 unspecified atom stereocenters. The summed E-state index contributed by atoms with van der Waals surface area (Å²) in [6.45, 7) is 4.07. The molecule has 0 N–H and O–H groups in total. The van der Waals surface area contributed by atoms with Crippen LogP contribution in [0.4, 0.5) is 0 Å². The summed E-state index contributed by atoms with van der Waals surface area (Å²) in [5, 5.41) is 0. The molecular formula is C31H32Hf. The zero-order valence-electron chi connectivity index (χ0n) is 19.2. The van der Waals surface area contributed by atoms with Gasteiger partial charge < -0.3 is 0 Å². The summed E-state index contributed by atoms with van der Waals surface area (Å²) in [5.41, 5.74) is 7.35. The molecule has 2 aliphatic carbocycles. The Labute approximate surface area is 193 Å². The normalized spacial score (nSPS) is 15.0. The molecule has 0 saturated carbocycles. The predicted octanol–water partition coefficient (Wildman–Crippen LogP) is 7.77. The van der Waals surface area contributed by atoms with Crippen LogP contribution in [-0.4, -0.2) is 3.26 Å². The van der Waals surface area contributed by atoms with Gasteiger partial charge in [0.25, 0.3) is 0 Å². The van der Waals surface area contributed by atoms with E-state index in [0.29, 0.717) is 3.67 Å². The molecule has 5 rings (SSSR count). The molecule has 3 aromatic rings. The third-order valence-electron chi connectivity index (χ3n) is 8.08. The molecule has 0 spiro atoms. The Kier molecular flexibility index (Phi) is 5.50. The number of allylic oxidation sites excluding steroid dienone is 5. The minimum absolute atomic E-state index is 0.502. The molecule has 0 atom stereocenters. The van der Waals surface area contributed by atoms with E-state index in [1.165, 1.54) is 22.3 Å². The van der Waals surface area contributed by atoms with Gasteiger partial charge in [0.2, 0.25) is 0 Å². The van der Waals surface area contributed by atoms with E-state index < -0.39 is 18.0 Å². The molecule has 0 bridgehead atoms. The van der Waals surface area contributed by atoms with Crippen molar-refractivity contribution in [2.75, 3.05) is 0 Å². The first-order valence-corrected chi connectivity index (χ1v) is 24.7. The summed E-state index contributed by atoms with van der Waals surface area (Å²) < 4.78 is 9.27. The zero-order chi connectivity index (χ0) is 22.2. The van der Waals surface area contributed by atoms with Gasteiger partial charge in [-0.05, 0) is 0 Å². The molecule has 0 fully saturated rings. The fourth-order valence-corrected chi connectivity index (χ4v) is 28.5. The van der Waals surface area contributed by atoms with Crippen LogP contribution in [-0.2, 0) is 24.4 Å². The number of hydrogen-bond acceptors (Lipinski definition) is 0. The van der Waals surface area contributed by atoms with Crippen molar-refractivity contribution in [3.63, 3.8) is 0 Å². The summed E-state index contributed by atoms with van der Waals surface area (Å²) in [5.74, 6) is 0. The van der Waals surface area contributed by atoms with Crippen LogP contribution in [0.5, 0.6) is 0 Å². The molecule has 160 valence electrons. The fraction of sp³-hybridized carbons (Fsp3) is 0.194. The minimum atomic E-state index is -3.97. The average molecular weight is 583 g/mol. The van der Waals surface area contributed by atoms with E-state index in [0.717, 1.165) is 19.3 Å². The summed E-state index contributed by atoms with van der Waals surface area (Å²) in [4.78, 5) is 0. The van der Waals surface area contributed by atoms with E-state index in [4.69, 9.17) is 0 Å². The fourth-order valence-electron chi connectivity index (χ4n) is 6.29. The number of fused-ring (bicyclic) bond motifs is 3. The molecular weight excluding hydrogens is 551 g/mol. The van der Waals surface area contributed by atoms with Gasteiger partial charge in [0.15, 0.2) is 0 Å². The maximum absolute atomic E-state index is 4.07. The van der Waals surface area contributed by atoms with Crippen LogP contribution in [0.25, 0.3) is 11.1 Å². The first-order valence-electron chi connectivity index (χ1n) is 11.8. The van der Waals surface area contributed by atoms with E-state index in [9.17, 15) is 0 Å². The maximum atomic E-state index is 4.07. The van der Waals surface area contributed by atoms with Gasteiger partial charge in [-0.15, -0.1) is 0 Å². The Hall–Kier alpha value is -2.38. The van der Waals surface area contributed by atoms with Crippen LogP contribution < -0.4 is 3.32 Å². The van der Waals surface area contributed by atoms with Crippen molar-refractivity contribution in [1.29, 1.82) is 0 Å². The van der Waals surface area contributed by atoms with Crippen molar-refractivity contribution in [1.82, 2.24) is 0 Å². The topological polar surface area (TPSA) is 0 Å². The van der Waals surface area contributed by atoms with Gasteiger partial charge in [-0.3, -0.25) is 0 Å². The second kappa shape index (κ2) is 8.19. The molecule has 0 heterocycles. The molecule has 0 radical (unpaired) electrons. The number of hydrogen-bond donors (Lipinski definition) is 0.